The number of ether oxygens (including phenoxy) is 1. The minimum absolute atomic E-state index is 0.0571. The third kappa shape index (κ3) is 2.51. The number of hydrogen-bond acceptors (Lipinski definition) is 4. The van der Waals surface area contributed by atoms with Gasteiger partial charge in [0.2, 0.25) is 0 Å². The van der Waals surface area contributed by atoms with Gasteiger partial charge in [-0.3, -0.25) is 14.9 Å². The third-order valence-electron chi connectivity index (χ3n) is 4.47. The van der Waals surface area contributed by atoms with Crippen molar-refractivity contribution in [2.75, 3.05) is 13.7 Å². The molecule has 5 heteroatoms. The van der Waals surface area contributed by atoms with Crippen molar-refractivity contribution >= 4 is 5.91 Å². The molecule has 1 aliphatic rings. The molecule has 20 heavy (non-hydrogen) atoms. The molecule has 0 radical (unpaired) electrons. The lowest BCUT2D eigenvalue weighted by atomic mass is 9.87. The van der Waals surface area contributed by atoms with Gasteiger partial charge in [0.05, 0.1) is 5.54 Å². The molecule has 1 amide bonds. The van der Waals surface area contributed by atoms with Gasteiger partial charge in [0, 0.05) is 17.7 Å². The maximum atomic E-state index is 11.5. The van der Waals surface area contributed by atoms with Crippen molar-refractivity contribution in [1.82, 2.24) is 10.4 Å². The Morgan fingerprint density at radius 2 is 2.20 bits per heavy atom. The molecule has 110 valence electrons. The Morgan fingerprint density at radius 1 is 1.50 bits per heavy atom. The summed E-state index contributed by atoms with van der Waals surface area (Å²) >= 11 is 0. The fourth-order valence-electron chi connectivity index (χ4n) is 2.40. The second kappa shape index (κ2) is 5.42. The Labute approximate surface area is 119 Å². The molecule has 0 aliphatic carbocycles. The number of fused-ring (bicyclic) bond motifs is 1. The van der Waals surface area contributed by atoms with Crippen LogP contribution in [-0.4, -0.2) is 35.2 Å². The Morgan fingerprint density at radius 3 is 2.80 bits per heavy atom. The van der Waals surface area contributed by atoms with Gasteiger partial charge in [-0.1, -0.05) is 19.9 Å². The van der Waals surface area contributed by atoms with Crippen LogP contribution in [0.2, 0.25) is 0 Å². The Bertz CT molecular complexity index is 516. The smallest absolute Gasteiger partial charge is 0.274 e. The van der Waals surface area contributed by atoms with Gasteiger partial charge in [-0.15, -0.1) is 0 Å². The highest BCUT2D eigenvalue weighted by Gasteiger charge is 2.36. The van der Waals surface area contributed by atoms with Crippen molar-refractivity contribution in [2.24, 2.45) is 5.92 Å². The van der Waals surface area contributed by atoms with Crippen LogP contribution in [0.4, 0.5) is 0 Å². The van der Waals surface area contributed by atoms with Crippen molar-refractivity contribution < 1.29 is 14.7 Å². The number of nitrogens with one attached hydrogen (secondary N) is 1. The molecule has 1 aromatic rings. The summed E-state index contributed by atoms with van der Waals surface area (Å²) in [5.41, 5.74) is 3.02. The summed E-state index contributed by atoms with van der Waals surface area (Å²) < 4.78 is 5.93. The average Bonchev–Trinajstić information content (AvgIpc) is 2.56. The molecule has 2 rings (SSSR count). The van der Waals surface area contributed by atoms with Gasteiger partial charge >= 0.3 is 0 Å². The lowest BCUT2D eigenvalue weighted by Crippen LogP contribution is -2.50. The topological polar surface area (TPSA) is 61.8 Å². The van der Waals surface area contributed by atoms with Gasteiger partial charge in [-0.25, -0.2) is 5.48 Å². The van der Waals surface area contributed by atoms with Gasteiger partial charge in [-0.05, 0) is 32.0 Å². The van der Waals surface area contributed by atoms with Crippen LogP contribution in [0, 0.1) is 5.92 Å². The van der Waals surface area contributed by atoms with E-state index in [-0.39, 0.29) is 5.54 Å². The van der Waals surface area contributed by atoms with E-state index >= 15 is 0 Å². The highest BCUT2D eigenvalue weighted by atomic mass is 16.5. The van der Waals surface area contributed by atoms with E-state index in [1.807, 2.05) is 6.07 Å². The molecule has 0 fully saturated rings. The maximum absolute atomic E-state index is 11.5. The molecule has 1 heterocycles. The summed E-state index contributed by atoms with van der Waals surface area (Å²) in [4.78, 5) is 13.7. The molecule has 0 spiro atoms. The monoisotopic (exact) mass is 278 g/mol. The normalized spacial score (nSPS) is 22.9. The number of carbonyl (C=O) groups excluding carboxylic acids is 1. The average molecular weight is 278 g/mol. The number of amides is 1. The molecule has 0 saturated carbocycles. The predicted molar refractivity (Wildman–Crippen MR) is 75.9 cm³/mol. The number of hydrogen-bond donors (Lipinski definition) is 2. The van der Waals surface area contributed by atoms with E-state index in [2.05, 4.69) is 32.7 Å². The largest absolute Gasteiger partial charge is 0.491 e. The van der Waals surface area contributed by atoms with E-state index in [0.29, 0.717) is 23.8 Å². The fourth-order valence-corrected chi connectivity index (χ4v) is 2.40. The highest BCUT2D eigenvalue weighted by molar-refractivity contribution is 5.93. The van der Waals surface area contributed by atoms with Crippen LogP contribution in [0.15, 0.2) is 18.2 Å². The summed E-state index contributed by atoms with van der Waals surface area (Å²) in [5.74, 6) is 0.630. The van der Waals surface area contributed by atoms with Crippen molar-refractivity contribution in [3.8, 4) is 5.75 Å². The molecular formula is C15H22N2O3. The second-order valence-electron chi connectivity index (χ2n) is 5.92. The van der Waals surface area contributed by atoms with E-state index in [1.54, 1.807) is 17.6 Å². The number of likely N-dealkylation sites (N-methyl/N-ethyl adjacent to an activating group) is 1. The van der Waals surface area contributed by atoms with Crippen LogP contribution in [0.25, 0.3) is 0 Å². The summed E-state index contributed by atoms with van der Waals surface area (Å²) in [6.07, 6.45) is 0. The zero-order valence-corrected chi connectivity index (χ0v) is 12.4. The van der Waals surface area contributed by atoms with Crippen LogP contribution in [-0.2, 0) is 6.54 Å². The van der Waals surface area contributed by atoms with Crippen LogP contribution < -0.4 is 10.2 Å². The Balaban J connectivity index is 2.33. The van der Waals surface area contributed by atoms with Crippen molar-refractivity contribution in [3.05, 3.63) is 29.3 Å². The third-order valence-corrected chi connectivity index (χ3v) is 4.47. The van der Waals surface area contributed by atoms with E-state index in [4.69, 9.17) is 9.94 Å². The predicted octanol–water partition coefficient (Wildman–Crippen LogP) is 2.04. The second-order valence-corrected chi connectivity index (χ2v) is 5.92. The minimum atomic E-state index is -0.527. The van der Waals surface area contributed by atoms with Crippen molar-refractivity contribution in [3.63, 3.8) is 0 Å². The number of benzene rings is 1. The van der Waals surface area contributed by atoms with Gasteiger partial charge in [0.1, 0.15) is 12.4 Å². The SMILES string of the molecule is CC(C)[C@@]1(C)COc2cc(C(=O)NO)ccc2CN1C. The van der Waals surface area contributed by atoms with E-state index < -0.39 is 5.91 Å². The number of nitrogens with zero attached hydrogens (tertiary/aromatic N) is 1. The lowest BCUT2D eigenvalue weighted by molar-refractivity contribution is 0.0434. The van der Waals surface area contributed by atoms with E-state index in [1.165, 1.54) is 0 Å². The molecular weight excluding hydrogens is 256 g/mol. The Kier molecular flexibility index (Phi) is 4.01. The molecule has 1 aliphatic heterocycles. The molecule has 1 aromatic carbocycles. The van der Waals surface area contributed by atoms with Crippen LogP contribution >= 0.6 is 0 Å². The lowest BCUT2D eigenvalue weighted by Gasteiger charge is -2.40. The fraction of sp³-hybridized carbons (Fsp3) is 0.533. The van der Waals surface area contributed by atoms with Crippen molar-refractivity contribution in [1.29, 1.82) is 0 Å². The van der Waals surface area contributed by atoms with Crippen molar-refractivity contribution in [2.45, 2.75) is 32.9 Å². The highest BCUT2D eigenvalue weighted by Crippen LogP contribution is 2.33. The van der Waals surface area contributed by atoms with Gasteiger partial charge in [0.25, 0.3) is 5.91 Å². The summed E-state index contributed by atoms with van der Waals surface area (Å²) in [6.45, 7) is 7.88. The first kappa shape index (κ1) is 14.8. The first-order valence-corrected chi connectivity index (χ1v) is 6.80. The number of rotatable bonds is 2. The molecule has 5 nitrogen and oxygen atoms in total. The zero-order valence-electron chi connectivity index (χ0n) is 12.4. The van der Waals surface area contributed by atoms with Gasteiger partial charge in [0.15, 0.2) is 0 Å². The summed E-state index contributed by atoms with van der Waals surface area (Å²) in [5, 5.41) is 8.70. The van der Waals surface area contributed by atoms with E-state index in [9.17, 15) is 4.79 Å². The van der Waals surface area contributed by atoms with Gasteiger partial charge in [-0.2, -0.15) is 0 Å². The molecule has 2 N–H and O–H groups in total. The molecule has 1 atom stereocenters. The maximum Gasteiger partial charge on any atom is 0.274 e. The van der Waals surface area contributed by atoms with Crippen LogP contribution in [0.3, 0.4) is 0 Å². The molecule has 0 bridgehead atoms. The standard InChI is InChI=1S/C15H22N2O3/c1-10(2)15(3)9-20-13-7-11(14(18)16-19)5-6-12(13)8-17(15)4/h5-7,10,19H,8-9H2,1-4H3,(H,16,18)/t15-/m1/s1. The summed E-state index contributed by atoms with van der Waals surface area (Å²) in [6, 6.07) is 5.25. The number of carbonyl (C=O) groups is 1. The first-order chi connectivity index (χ1) is 9.38. The molecule has 0 aromatic heterocycles. The van der Waals surface area contributed by atoms with E-state index in [0.717, 1.165) is 12.1 Å². The van der Waals surface area contributed by atoms with Gasteiger partial charge < -0.3 is 4.74 Å². The zero-order chi connectivity index (χ0) is 14.9. The quantitative estimate of drug-likeness (QED) is 0.642. The number of hydroxylamine groups is 1. The van der Waals surface area contributed by atoms with Crippen LogP contribution in [0.1, 0.15) is 36.7 Å². The summed E-state index contributed by atoms with van der Waals surface area (Å²) in [7, 11) is 2.09. The first-order valence-electron chi connectivity index (χ1n) is 6.80. The Hall–Kier alpha value is -1.59. The minimum Gasteiger partial charge on any atom is -0.491 e. The molecule has 0 saturated heterocycles. The molecule has 0 unspecified atom stereocenters. The van der Waals surface area contributed by atoms with Crippen LogP contribution in [0.5, 0.6) is 5.75 Å².